The number of nitrogens with zero attached hydrogens (tertiary/aromatic N) is 1. The van der Waals surface area contributed by atoms with Crippen molar-refractivity contribution in [2.75, 3.05) is 17.4 Å². The zero-order chi connectivity index (χ0) is 20.2. The topological polar surface area (TPSA) is 102 Å². The van der Waals surface area contributed by atoms with Gasteiger partial charge in [-0.05, 0) is 42.0 Å². The summed E-state index contributed by atoms with van der Waals surface area (Å²) in [6.45, 7) is 0.512. The predicted octanol–water partition coefficient (Wildman–Crippen LogP) is 4.10. The smallest absolute Gasteiger partial charge is 0.325 e. The maximum atomic E-state index is 12.3. The van der Waals surface area contributed by atoms with Gasteiger partial charge in [0, 0.05) is 22.6 Å². The fourth-order valence-electron chi connectivity index (χ4n) is 2.55. The first-order valence-electron chi connectivity index (χ1n) is 8.53. The molecule has 0 aliphatic carbocycles. The molecule has 10 heteroatoms. The maximum Gasteiger partial charge on any atom is 0.325 e. The molecule has 4 rings (SSSR count). The lowest BCUT2D eigenvalue weighted by atomic mass is 10.2. The van der Waals surface area contributed by atoms with Gasteiger partial charge in [-0.15, -0.1) is 11.3 Å². The zero-order valence-electron chi connectivity index (χ0n) is 14.9. The second-order valence-electron chi connectivity index (χ2n) is 5.99. The van der Waals surface area contributed by atoms with Crippen LogP contribution in [-0.2, 0) is 6.54 Å². The van der Waals surface area contributed by atoms with Crippen LogP contribution in [0.3, 0.4) is 0 Å². The number of hydrogen-bond donors (Lipinski definition) is 3. The van der Waals surface area contributed by atoms with E-state index in [4.69, 9.17) is 21.1 Å². The third-order valence-corrected chi connectivity index (χ3v) is 4.96. The van der Waals surface area contributed by atoms with Gasteiger partial charge in [-0.1, -0.05) is 17.7 Å². The van der Waals surface area contributed by atoms with E-state index < -0.39 is 6.03 Å². The van der Waals surface area contributed by atoms with Crippen LogP contribution in [0.25, 0.3) is 0 Å². The van der Waals surface area contributed by atoms with Crippen LogP contribution in [-0.4, -0.2) is 23.7 Å². The Morgan fingerprint density at radius 1 is 1.07 bits per heavy atom. The molecule has 0 fully saturated rings. The number of fused-ring (bicyclic) bond motifs is 1. The molecular formula is C19H15ClN4O4S. The molecule has 0 saturated carbocycles. The molecular weight excluding hydrogens is 416 g/mol. The molecule has 2 heterocycles. The van der Waals surface area contributed by atoms with E-state index in [1.807, 2.05) is 12.1 Å². The van der Waals surface area contributed by atoms with Crippen LogP contribution >= 0.6 is 22.9 Å². The highest BCUT2D eigenvalue weighted by molar-refractivity contribution is 7.14. The minimum atomic E-state index is -0.464. The van der Waals surface area contributed by atoms with Gasteiger partial charge < -0.3 is 20.1 Å². The van der Waals surface area contributed by atoms with Crippen LogP contribution < -0.4 is 25.4 Å². The van der Waals surface area contributed by atoms with Crippen molar-refractivity contribution in [3.05, 3.63) is 64.1 Å². The van der Waals surface area contributed by atoms with Crippen LogP contribution in [0, 0.1) is 0 Å². The first kappa shape index (κ1) is 19.0. The summed E-state index contributed by atoms with van der Waals surface area (Å²) in [5, 5.41) is 10.5. The van der Waals surface area contributed by atoms with E-state index in [2.05, 4.69) is 20.9 Å². The Bertz CT molecular complexity index is 1050. The average molecular weight is 431 g/mol. The van der Waals surface area contributed by atoms with Crippen LogP contribution in [0.4, 0.5) is 15.6 Å². The van der Waals surface area contributed by atoms with Gasteiger partial charge in [0.05, 0.1) is 0 Å². The minimum absolute atomic E-state index is 0.200. The van der Waals surface area contributed by atoms with Crippen LogP contribution in [0.2, 0.25) is 5.02 Å². The van der Waals surface area contributed by atoms with Gasteiger partial charge >= 0.3 is 6.03 Å². The average Bonchev–Trinajstić information content (AvgIpc) is 3.37. The predicted molar refractivity (Wildman–Crippen MR) is 110 cm³/mol. The molecule has 148 valence electrons. The summed E-state index contributed by atoms with van der Waals surface area (Å²) in [6, 6.07) is 11.7. The second kappa shape index (κ2) is 8.38. The molecule has 29 heavy (non-hydrogen) atoms. The summed E-state index contributed by atoms with van der Waals surface area (Å²) in [7, 11) is 0. The van der Waals surface area contributed by atoms with Crippen molar-refractivity contribution in [2.45, 2.75) is 6.54 Å². The molecule has 8 nitrogen and oxygen atoms in total. The normalized spacial score (nSPS) is 11.8. The Kier molecular flexibility index (Phi) is 5.50. The number of anilines is 2. The number of benzene rings is 2. The number of rotatable bonds is 5. The fraction of sp³-hybridized carbons (Fsp3) is 0.105. The van der Waals surface area contributed by atoms with Crippen molar-refractivity contribution < 1.29 is 19.1 Å². The molecule has 0 radical (unpaired) electrons. The summed E-state index contributed by atoms with van der Waals surface area (Å²) in [4.78, 5) is 28.5. The summed E-state index contributed by atoms with van der Waals surface area (Å²) < 4.78 is 10.6. The Morgan fingerprint density at radius 3 is 2.69 bits per heavy atom. The van der Waals surface area contributed by atoms with Gasteiger partial charge in [-0.25, -0.2) is 9.78 Å². The van der Waals surface area contributed by atoms with E-state index in [-0.39, 0.29) is 18.4 Å². The zero-order valence-corrected chi connectivity index (χ0v) is 16.5. The van der Waals surface area contributed by atoms with E-state index in [9.17, 15) is 9.59 Å². The quantitative estimate of drug-likeness (QED) is 0.565. The van der Waals surface area contributed by atoms with Crippen LogP contribution in [0.1, 0.15) is 16.1 Å². The molecule has 1 aromatic heterocycles. The fourth-order valence-corrected chi connectivity index (χ4v) is 3.36. The van der Waals surface area contributed by atoms with Crippen LogP contribution in [0.5, 0.6) is 11.5 Å². The molecule has 3 amide bonds. The molecule has 3 N–H and O–H groups in total. The number of urea groups is 1. The molecule has 2 aromatic carbocycles. The third-order valence-electron chi connectivity index (χ3n) is 3.95. The van der Waals surface area contributed by atoms with E-state index in [0.29, 0.717) is 33.9 Å². The third kappa shape index (κ3) is 4.76. The van der Waals surface area contributed by atoms with Crippen molar-refractivity contribution in [2.24, 2.45) is 0 Å². The summed E-state index contributed by atoms with van der Waals surface area (Å²) in [5.41, 5.74) is 1.68. The van der Waals surface area contributed by atoms with Crippen molar-refractivity contribution in [1.29, 1.82) is 0 Å². The number of halogens is 1. The minimum Gasteiger partial charge on any atom is -0.454 e. The van der Waals surface area contributed by atoms with Crippen molar-refractivity contribution in [3.8, 4) is 11.5 Å². The Hall–Kier alpha value is -3.30. The van der Waals surface area contributed by atoms with Gasteiger partial charge in [0.2, 0.25) is 6.79 Å². The molecule has 0 bridgehead atoms. The first-order valence-corrected chi connectivity index (χ1v) is 9.78. The lowest BCUT2D eigenvalue weighted by Crippen LogP contribution is -2.23. The monoisotopic (exact) mass is 430 g/mol. The molecule has 3 aromatic rings. The van der Waals surface area contributed by atoms with Gasteiger partial charge in [-0.3, -0.25) is 10.1 Å². The summed E-state index contributed by atoms with van der Waals surface area (Å²) in [5.74, 6) is 1.00. The SMILES string of the molecule is O=C(Nc1ccc(Cl)cc1)Nc1nc(C(=O)NCc2ccc3c(c2)OCO3)cs1. The lowest BCUT2D eigenvalue weighted by Gasteiger charge is -2.05. The number of hydrogen-bond acceptors (Lipinski definition) is 6. The number of amides is 3. The highest BCUT2D eigenvalue weighted by Crippen LogP contribution is 2.32. The van der Waals surface area contributed by atoms with E-state index in [0.717, 1.165) is 16.9 Å². The van der Waals surface area contributed by atoms with E-state index >= 15 is 0 Å². The Balaban J connectivity index is 1.30. The number of ether oxygens (including phenoxy) is 2. The van der Waals surface area contributed by atoms with E-state index in [1.165, 1.54) is 0 Å². The summed E-state index contributed by atoms with van der Waals surface area (Å²) >= 11 is 6.97. The highest BCUT2D eigenvalue weighted by atomic mass is 35.5. The molecule has 1 aliphatic heterocycles. The van der Waals surface area contributed by atoms with Gasteiger partial charge in [0.15, 0.2) is 16.6 Å². The van der Waals surface area contributed by atoms with Crippen LogP contribution in [0.15, 0.2) is 47.8 Å². The standard InChI is InChI=1S/C19H15ClN4O4S/c20-12-2-4-13(5-3-12)22-18(26)24-19-23-14(9-29-19)17(25)21-8-11-1-6-15-16(7-11)28-10-27-15/h1-7,9H,8,10H2,(H,21,25)(H2,22,23,24,26). The summed E-state index contributed by atoms with van der Waals surface area (Å²) in [6.07, 6.45) is 0. The van der Waals surface area contributed by atoms with Crippen molar-refractivity contribution in [1.82, 2.24) is 10.3 Å². The number of aromatic nitrogens is 1. The molecule has 0 saturated heterocycles. The molecule has 1 aliphatic rings. The van der Waals surface area contributed by atoms with Gasteiger partial charge in [-0.2, -0.15) is 0 Å². The lowest BCUT2D eigenvalue weighted by molar-refractivity contribution is 0.0946. The number of carbonyl (C=O) groups is 2. The highest BCUT2D eigenvalue weighted by Gasteiger charge is 2.15. The van der Waals surface area contributed by atoms with Crippen molar-refractivity contribution >= 4 is 45.7 Å². The number of carbonyl (C=O) groups excluding carboxylic acids is 2. The van der Waals surface area contributed by atoms with Crippen molar-refractivity contribution in [3.63, 3.8) is 0 Å². The maximum absolute atomic E-state index is 12.3. The Morgan fingerprint density at radius 2 is 1.86 bits per heavy atom. The second-order valence-corrected chi connectivity index (χ2v) is 7.29. The van der Waals surface area contributed by atoms with E-state index in [1.54, 1.807) is 35.7 Å². The number of thiazole rings is 1. The largest absolute Gasteiger partial charge is 0.454 e. The molecule has 0 spiro atoms. The number of nitrogens with one attached hydrogen (secondary N) is 3. The first-order chi connectivity index (χ1) is 14.1. The van der Waals surface area contributed by atoms with Gasteiger partial charge in [0.25, 0.3) is 5.91 Å². The Labute approximate surface area is 174 Å². The molecule has 0 unspecified atom stereocenters. The van der Waals surface area contributed by atoms with Gasteiger partial charge in [0.1, 0.15) is 5.69 Å². The molecule has 0 atom stereocenters.